The molecule has 0 aromatic carbocycles. The van der Waals surface area contributed by atoms with Crippen LogP contribution in [0.1, 0.15) is 222 Å². The van der Waals surface area contributed by atoms with Crippen LogP contribution in [0.2, 0.25) is 0 Å². The van der Waals surface area contributed by atoms with Gasteiger partial charge in [0.15, 0.2) is 0 Å². The molecule has 116 heavy (non-hydrogen) atoms. The molecule has 42 nitrogen and oxygen atoms in total. The van der Waals surface area contributed by atoms with Gasteiger partial charge in [-0.15, -0.1) is 0 Å². The molecule has 0 aliphatic heterocycles. The molecule has 0 aromatic rings. The van der Waals surface area contributed by atoms with Gasteiger partial charge in [-0.05, 0) is 199 Å². The number of carbonyl (C=O) groups is 18. The first-order valence-corrected chi connectivity index (χ1v) is 40.0. The van der Waals surface area contributed by atoms with Gasteiger partial charge < -0.3 is 130 Å². The smallest absolute Gasteiger partial charge is 0.326 e. The summed E-state index contributed by atoms with van der Waals surface area (Å²) in [4.78, 5) is 243. The standard InChI is InChI=1S/C74H135N21O21/c1-40(2)37-54(72(113)91-50(24-28-57(81)96)65(106)84-44(8)62(103)95-56(74(115)116)39-42(5)6)94-71(112)53(27-31-60(100)101)90-68(109)49(23-13-18-36-79)89-69(110)52(26-30-59(98)99)92-73(114)55(38-41(3)4)93-70(111)51(25-29-58(82)97)85-61(102)43(7)83-64(105)46(20-10-15-33-76)87-67(108)48(22-12-17-35-78)88-66(107)47(21-11-16-34-77)86-63(104)45(80)19-9-14-32-75/h40-56H,9-39,75-80H2,1-8H3,(H2,81,96)(H2,82,97)(H,83,105)(H,84,106)(H,85,102)(H,86,104)(H,87,108)(H,88,107)(H,89,110)(H,90,109)(H,91,113)(H,92,114)(H,93,111)(H,94,112)(H,95,103)(H,98,99)(H,100,101)(H,115,116)/t43-,44-,45-,46-,47-,48-,49-,50-,51-,52-,53-,54-,55-,56-/m0/s1. The summed E-state index contributed by atoms with van der Waals surface area (Å²) in [6.07, 6.45) is -0.822. The van der Waals surface area contributed by atoms with Crippen LogP contribution in [0.4, 0.5) is 0 Å². The summed E-state index contributed by atoms with van der Waals surface area (Å²) >= 11 is 0. The number of carboxylic acids is 3. The average Bonchev–Trinajstić information content (AvgIpc) is 0.852. The lowest BCUT2D eigenvalue weighted by molar-refractivity contribution is -0.142. The number of aliphatic carboxylic acids is 3. The van der Waals surface area contributed by atoms with Crippen LogP contribution in [0, 0.1) is 17.8 Å². The van der Waals surface area contributed by atoms with Gasteiger partial charge in [0, 0.05) is 25.7 Å². The third-order valence-corrected chi connectivity index (χ3v) is 18.3. The predicted molar refractivity (Wildman–Crippen MR) is 426 cm³/mol. The van der Waals surface area contributed by atoms with Crippen LogP contribution < -0.4 is 115 Å². The van der Waals surface area contributed by atoms with Gasteiger partial charge in [-0.2, -0.15) is 0 Å². The molecule has 0 unspecified atom stereocenters. The first-order chi connectivity index (χ1) is 54.5. The number of nitrogens with two attached hydrogens (primary N) is 8. The normalized spacial score (nSPS) is 14.9. The summed E-state index contributed by atoms with van der Waals surface area (Å²) in [6, 6.07) is -20.6. The zero-order valence-electron chi connectivity index (χ0n) is 68.5. The minimum Gasteiger partial charge on any atom is -0.481 e. The van der Waals surface area contributed by atoms with Crippen LogP contribution in [0.15, 0.2) is 0 Å². The van der Waals surface area contributed by atoms with E-state index < -0.39 is 254 Å². The molecule has 32 N–H and O–H groups in total. The van der Waals surface area contributed by atoms with Crippen molar-refractivity contribution in [3.05, 3.63) is 0 Å². The Hall–Kier alpha value is -9.78. The van der Waals surface area contributed by atoms with Gasteiger partial charge in [0.1, 0.15) is 78.5 Å². The molecule has 0 spiro atoms. The zero-order valence-corrected chi connectivity index (χ0v) is 68.5. The van der Waals surface area contributed by atoms with E-state index in [1.165, 1.54) is 13.8 Å². The highest BCUT2D eigenvalue weighted by atomic mass is 16.4. The second-order valence-corrected chi connectivity index (χ2v) is 30.3. The number of carbonyl (C=O) groups excluding carboxylic acids is 15. The maximum atomic E-state index is 14.5. The monoisotopic (exact) mass is 1650 g/mol. The van der Waals surface area contributed by atoms with Crippen molar-refractivity contribution in [2.24, 2.45) is 63.6 Å². The lowest BCUT2D eigenvalue weighted by Crippen LogP contribution is -2.61. The van der Waals surface area contributed by atoms with Crippen molar-refractivity contribution in [3.63, 3.8) is 0 Å². The number of hydrogen-bond donors (Lipinski definition) is 24. The van der Waals surface area contributed by atoms with Gasteiger partial charge >= 0.3 is 17.9 Å². The molecule has 0 saturated carbocycles. The molecule has 0 bridgehead atoms. The zero-order chi connectivity index (χ0) is 88.3. The Bertz CT molecular complexity index is 3190. The van der Waals surface area contributed by atoms with Gasteiger partial charge in [-0.1, -0.05) is 48.0 Å². The van der Waals surface area contributed by atoms with E-state index in [9.17, 15) is 102 Å². The molecule has 0 aromatic heterocycles. The van der Waals surface area contributed by atoms with Crippen molar-refractivity contribution in [2.75, 3.05) is 32.7 Å². The van der Waals surface area contributed by atoms with E-state index in [1.807, 2.05) is 0 Å². The highest BCUT2D eigenvalue weighted by Gasteiger charge is 2.38. The lowest BCUT2D eigenvalue weighted by Gasteiger charge is -2.29. The van der Waals surface area contributed by atoms with Gasteiger partial charge in [-0.25, -0.2) is 4.79 Å². The summed E-state index contributed by atoms with van der Waals surface area (Å²) in [6.45, 7) is 13.8. The van der Waals surface area contributed by atoms with Crippen LogP contribution in [0.25, 0.3) is 0 Å². The molecule has 0 saturated heterocycles. The third kappa shape index (κ3) is 46.1. The fourth-order valence-corrected chi connectivity index (χ4v) is 11.8. The van der Waals surface area contributed by atoms with E-state index in [0.717, 1.165) is 0 Å². The van der Waals surface area contributed by atoms with Crippen molar-refractivity contribution in [3.8, 4) is 0 Å². The highest BCUT2D eigenvalue weighted by molar-refractivity contribution is 6.00. The van der Waals surface area contributed by atoms with Crippen molar-refractivity contribution in [1.29, 1.82) is 0 Å². The summed E-state index contributed by atoms with van der Waals surface area (Å²) in [5.74, 6) is -19.6. The molecule has 15 amide bonds. The number of amides is 15. The van der Waals surface area contributed by atoms with Gasteiger partial charge in [0.05, 0.1) is 6.04 Å². The number of nitrogens with one attached hydrogen (secondary N) is 13. The summed E-state index contributed by atoms with van der Waals surface area (Å²) < 4.78 is 0. The average molecular weight is 1660 g/mol. The fourth-order valence-electron chi connectivity index (χ4n) is 11.8. The minimum atomic E-state index is -1.81. The summed E-state index contributed by atoms with van der Waals surface area (Å²) in [7, 11) is 0. The molecule has 42 heteroatoms. The Kier molecular flexibility index (Phi) is 54.0. The second kappa shape index (κ2) is 59.0. The molecule has 0 aliphatic carbocycles. The fraction of sp³-hybridized carbons (Fsp3) is 0.757. The number of primary amides is 2. The molecule has 14 atom stereocenters. The van der Waals surface area contributed by atoms with Crippen LogP contribution in [0.5, 0.6) is 0 Å². The van der Waals surface area contributed by atoms with Gasteiger partial charge in [0.2, 0.25) is 88.6 Å². The second-order valence-electron chi connectivity index (χ2n) is 30.3. The lowest BCUT2D eigenvalue weighted by atomic mass is 10.00. The van der Waals surface area contributed by atoms with E-state index in [4.69, 9.17) is 45.9 Å². The van der Waals surface area contributed by atoms with E-state index >= 15 is 0 Å². The highest BCUT2D eigenvalue weighted by Crippen LogP contribution is 2.16. The topological polar surface area (TPSA) is 732 Å². The first-order valence-electron chi connectivity index (χ1n) is 40.0. The summed E-state index contributed by atoms with van der Waals surface area (Å²) in [5.41, 5.74) is 45.7. The van der Waals surface area contributed by atoms with E-state index in [2.05, 4.69) is 69.1 Å². The maximum Gasteiger partial charge on any atom is 0.326 e. The minimum absolute atomic E-state index is 0.0222. The van der Waals surface area contributed by atoms with Gasteiger partial charge in [0.25, 0.3) is 0 Å². The molecular formula is C74H135N21O21. The van der Waals surface area contributed by atoms with Crippen molar-refractivity contribution in [1.82, 2.24) is 69.1 Å². The van der Waals surface area contributed by atoms with Crippen LogP contribution in [0.3, 0.4) is 0 Å². The van der Waals surface area contributed by atoms with Crippen molar-refractivity contribution >= 4 is 107 Å². The maximum absolute atomic E-state index is 14.5. The molecular weight excluding hydrogens is 1520 g/mol. The Morgan fingerprint density at radius 3 is 0.681 bits per heavy atom. The summed E-state index contributed by atoms with van der Waals surface area (Å²) in [5, 5.41) is 61.8. The Labute approximate surface area is 678 Å². The van der Waals surface area contributed by atoms with Crippen molar-refractivity contribution in [2.45, 2.75) is 307 Å². The third-order valence-electron chi connectivity index (χ3n) is 18.3. The van der Waals surface area contributed by atoms with Crippen LogP contribution in [-0.4, -0.2) is 239 Å². The number of carboxylic acid groups (broad SMARTS) is 3. The molecule has 0 fully saturated rings. The number of hydrogen-bond acceptors (Lipinski definition) is 24. The Balaban J connectivity index is 7.21. The molecule has 0 radical (unpaired) electrons. The largest absolute Gasteiger partial charge is 0.481 e. The first kappa shape index (κ1) is 106. The van der Waals surface area contributed by atoms with Crippen LogP contribution >= 0.6 is 0 Å². The van der Waals surface area contributed by atoms with E-state index in [0.29, 0.717) is 64.5 Å². The van der Waals surface area contributed by atoms with Crippen molar-refractivity contribution < 1.29 is 102 Å². The van der Waals surface area contributed by atoms with E-state index in [-0.39, 0.29) is 89.8 Å². The molecule has 0 rings (SSSR count). The number of unbranched alkanes of at least 4 members (excludes halogenated alkanes) is 5. The molecule has 662 valence electrons. The predicted octanol–water partition coefficient (Wildman–Crippen LogP) is -5.22. The molecule has 0 aliphatic rings. The van der Waals surface area contributed by atoms with Crippen LogP contribution in [-0.2, 0) is 86.3 Å². The Morgan fingerprint density at radius 2 is 0.440 bits per heavy atom. The van der Waals surface area contributed by atoms with E-state index in [1.54, 1.807) is 41.5 Å². The quantitative estimate of drug-likeness (QED) is 0.0253. The Morgan fingerprint density at radius 1 is 0.241 bits per heavy atom. The SMILES string of the molecule is CC(C)C[C@H](NC(=O)[C@H](C)NC(=O)[C@H](CCC(N)=O)NC(=O)[C@H](CC(C)C)NC(=O)[C@H](CCC(=O)O)NC(=O)[C@H](CCCCN)NC(=O)[C@H](CCC(=O)O)NC(=O)[C@H](CC(C)C)NC(=O)[C@H](CCC(N)=O)NC(=O)[C@H](C)NC(=O)[C@H](CCCCN)NC(=O)[C@H](CCCCN)NC(=O)[C@H](CCCCN)NC(=O)[C@@H](N)CCCCN)C(=O)O. The van der Waals surface area contributed by atoms with Gasteiger partial charge in [-0.3, -0.25) is 81.5 Å². The number of rotatable bonds is 65. The molecule has 0 heterocycles.